The predicted octanol–water partition coefficient (Wildman–Crippen LogP) is 1.88. The smallest absolute Gasteiger partial charge is 0.220 e. The summed E-state index contributed by atoms with van der Waals surface area (Å²) < 4.78 is 11.4. The molecule has 0 saturated heterocycles. The highest BCUT2D eigenvalue weighted by Gasteiger charge is 2.27. The lowest BCUT2D eigenvalue weighted by Crippen LogP contribution is -2.41. The van der Waals surface area contributed by atoms with E-state index in [1.54, 1.807) is 0 Å². The molecule has 22 heavy (non-hydrogen) atoms. The lowest BCUT2D eigenvalue weighted by molar-refractivity contribution is -0.122. The van der Waals surface area contributed by atoms with E-state index in [4.69, 9.17) is 15.2 Å². The van der Waals surface area contributed by atoms with Gasteiger partial charge in [-0.3, -0.25) is 4.79 Å². The van der Waals surface area contributed by atoms with E-state index in [1.807, 2.05) is 24.3 Å². The molecule has 1 amide bonds. The summed E-state index contributed by atoms with van der Waals surface area (Å²) in [5.74, 6) is 1.88. The van der Waals surface area contributed by atoms with Crippen LogP contribution in [0, 0.1) is 5.92 Å². The van der Waals surface area contributed by atoms with E-state index in [0.717, 1.165) is 30.8 Å². The standard InChI is InChI=1S/C16H22N2O3.ClH/c17-13-5-3-4-11(13)8-16(19)18-9-12-10-20-14-6-1-2-7-15(14)21-12;/h1-2,6-7,11-13H,3-5,8-10,17H2,(H,18,19);1H/t11-,12?,13+;/m0./s1. The van der Waals surface area contributed by atoms with Crippen LogP contribution in [0.25, 0.3) is 0 Å². The van der Waals surface area contributed by atoms with Gasteiger partial charge in [0.05, 0.1) is 6.54 Å². The first-order valence-electron chi connectivity index (χ1n) is 7.63. The quantitative estimate of drug-likeness (QED) is 0.886. The average Bonchev–Trinajstić information content (AvgIpc) is 2.90. The molecule has 1 aromatic carbocycles. The number of hydrogen-bond acceptors (Lipinski definition) is 4. The first-order chi connectivity index (χ1) is 10.2. The van der Waals surface area contributed by atoms with Crippen molar-refractivity contribution in [3.63, 3.8) is 0 Å². The Morgan fingerprint density at radius 1 is 1.27 bits per heavy atom. The minimum absolute atomic E-state index is 0. The van der Waals surface area contributed by atoms with Crippen LogP contribution in [0.1, 0.15) is 25.7 Å². The van der Waals surface area contributed by atoms with Gasteiger partial charge in [0.25, 0.3) is 0 Å². The van der Waals surface area contributed by atoms with Gasteiger partial charge in [-0.1, -0.05) is 18.6 Å². The second kappa shape index (κ2) is 7.70. The maximum Gasteiger partial charge on any atom is 0.220 e. The van der Waals surface area contributed by atoms with Gasteiger partial charge in [-0.2, -0.15) is 0 Å². The Bertz CT molecular complexity index is 512. The average molecular weight is 327 g/mol. The zero-order chi connectivity index (χ0) is 14.7. The first kappa shape index (κ1) is 16.9. The number of rotatable bonds is 4. The number of fused-ring (bicyclic) bond motifs is 1. The molecule has 1 fully saturated rings. The number of nitrogens with two attached hydrogens (primary N) is 1. The summed E-state index contributed by atoms with van der Waals surface area (Å²) in [6.45, 7) is 0.926. The summed E-state index contributed by atoms with van der Waals surface area (Å²) >= 11 is 0. The fourth-order valence-corrected chi connectivity index (χ4v) is 3.02. The van der Waals surface area contributed by atoms with E-state index in [0.29, 0.717) is 25.5 Å². The van der Waals surface area contributed by atoms with Crippen molar-refractivity contribution in [2.75, 3.05) is 13.2 Å². The fraction of sp³-hybridized carbons (Fsp3) is 0.562. The molecule has 1 heterocycles. The Hall–Kier alpha value is -1.46. The Kier molecular flexibility index (Phi) is 5.91. The summed E-state index contributed by atoms with van der Waals surface area (Å²) in [6.07, 6.45) is 3.61. The molecular weight excluding hydrogens is 304 g/mol. The third kappa shape index (κ3) is 4.05. The van der Waals surface area contributed by atoms with Crippen molar-refractivity contribution >= 4 is 18.3 Å². The van der Waals surface area contributed by atoms with Crippen LogP contribution in [0.4, 0.5) is 0 Å². The normalized spacial score (nSPS) is 26.1. The van der Waals surface area contributed by atoms with E-state index in [9.17, 15) is 4.79 Å². The van der Waals surface area contributed by atoms with Crippen LogP contribution < -0.4 is 20.5 Å². The molecule has 1 saturated carbocycles. The van der Waals surface area contributed by atoms with E-state index in [1.165, 1.54) is 0 Å². The van der Waals surface area contributed by atoms with E-state index < -0.39 is 0 Å². The molecule has 1 aliphatic carbocycles. The summed E-state index contributed by atoms with van der Waals surface area (Å²) in [7, 11) is 0. The van der Waals surface area contributed by atoms with Crippen LogP contribution in [0.3, 0.4) is 0 Å². The number of hydrogen-bond donors (Lipinski definition) is 2. The minimum atomic E-state index is -0.138. The lowest BCUT2D eigenvalue weighted by atomic mass is 10.00. The second-order valence-electron chi connectivity index (χ2n) is 5.86. The topological polar surface area (TPSA) is 73.6 Å². The number of amides is 1. The number of halogens is 1. The number of carbonyl (C=O) groups is 1. The zero-order valence-corrected chi connectivity index (χ0v) is 13.3. The number of para-hydroxylation sites is 2. The van der Waals surface area contributed by atoms with Crippen molar-refractivity contribution in [2.24, 2.45) is 11.7 Å². The van der Waals surface area contributed by atoms with E-state index in [-0.39, 0.29) is 30.5 Å². The molecule has 0 aromatic heterocycles. The zero-order valence-electron chi connectivity index (χ0n) is 12.5. The minimum Gasteiger partial charge on any atom is -0.486 e. The first-order valence-corrected chi connectivity index (χ1v) is 7.63. The molecule has 3 N–H and O–H groups in total. The van der Waals surface area contributed by atoms with Gasteiger partial charge in [0, 0.05) is 12.5 Å². The maximum absolute atomic E-state index is 12.0. The van der Waals surface area contributed by atoms with Gasteiger partial charge < -0.3 is 20.5 Å². The molecule has 3 rings (SSSR count). The van der Waals surface area contributed by atoms with Crippen molar-refractivity contribution in [3.05, 3.63) is 24.3 Å². The Morgan fingerprint density at radius 3 is 2.77 bits per heavy atom. The van der Waals surface area contributed by atoms with Crippen LogP contribution in [0.5, 0.6) is 11.5 Å². The monoisotopic (exact) mass is 326 g/mol. The van der Waals surface area contributed by atoms with E-state index >= 15 is 0 Å². The van der Waals surface area contributed by atoms with Crippen molar-refractivity contribution in [1.29, 1.82) is 0 Å². The van der Waals surface area contributed by atoms with Crippen LogP contribution in [0.15, 0.2) is 24.3 Å². The third-order valence-corrected chi connectivity index (χ3v) is 4.26. The third-order valence-electron chi connectivity index (χ3n) is 4.26. The van der Waals surface area contributed by atoms with Crippen LogP contribution >= 0.6 is 12.4 Å². The fourth-order valence-electron chi connectivity index (χ4n) is 3.02. The number of nitrogens with one attached hydrogen (secondary N) is 1. The van der Waals surface area contributed by atoms with Gasteiger partial charge in [-0.05, 0) is 30.9 Å². The lowest BCUT2D eigenvalue weighted by Gasteiger charge is -2.26. The molecule has 1 aliphatic heterocycles. The van der Waals surface area contributed by atoms with Gasteiger partial charge >= 0.3 is 0 Å². The highest BCUT2D eigenvalue weighted by atomic mass is 35.5. The molecule has 2 aliphatic rings. The molecule has 6 heteroatoms. The molecule has 0 spiro atoms. The van der Waals surface area contributed by atoms with Crippen molar-refractivity contribution < 1.29 is 14.3 Å². The molecule has 1 aromatic rings. The van der Waals surface area contributed by atoms with Crippen LogP contribution in [0.2, 0.25) is 0 Å². The molecule has 122 valence electrons. The molecular formula is C16H23ClN2O3. The van der Waals surface area contributed by atoms with Crippen molar-refractivity contribution in [3.8, 4) is 11.5 Å². The maximum atomic E-state index is 12.0. The highest BCUT2D eigenvalue weighted by Crippen LogP contribution is 2.30. The predicted molar refractivity (Wildman–Crippen MR) is 86.5 cm³/mol. The summed E-state index contributed by atoms with van der Waals surface area (Å²) in [4.78, 5) is 12.0. The van der Waals surface area contributed by atoms with Crippen molar-refractivity contribution in [1.82, 2.24) is 5.32 Å². The second-order valence-corrected chi connectivity index (χ2v) is 5.86. The van der Waals surface area contributed by atoms with Gasteiger partial charge in [-0.25, -0.2) is 0 Å². The molecule has 0 radical (unpaired) electrons. The highest BCUT2D eigenvalue weighted by molar-refractivity contribution is 5.85. The van der Waals surface area contributed by atoms with Crippen molar-refractivity contribution in [2.45, 2.75) is 37.8 Å². The Morgan fingerprint density at radius 2 is 2.05 bits per heavy atom. The Balaban J connectivity index is 0.00000176. The number of ether oxygens (including phenoxy) is 2. The summed E-state index contributed by atoms with van der Waals surface area (Å²) in [5, 5.41) is 2.93. The van der Waals surface area contributed by atoms with E-state index in [2.05, 4.69) is 5.32 Å². The summed E-state index contributed by atoms with van der Waals surface area (Å²) in [5.41, 5.74) is 5.99. The van der Waals surface area contributed by atoms with Gasteiger partial charge in [-0.15, -0.1) is 12.4 Å². The van der Waals surface area contributed by atoms with Gasteiger partial charge in [0.15, 0.2) is 11.5 Å². The molecule has 5 nitrogen and oxygen atoms in total. The van der Waals surface area contributed by atoms with Crippen LogP contribution in [-0.4, -0.2) is 31.2 Å². The number of benzene rings is 1. The Labute approximate surface area is 137 Å². The van der Waals surface area contributed by atoms with Gasteiger partial charge in [0.1, 0.15) is 12.7 Å². The van der Waals surface area contributed by atoms with Crippen LogP contribution in [-0.2, 0) is 4.79 Å². The molecule has 0 bridgehead atoms. The summed E-state index contributed by atoms with van der Waals surface area (Å²) in [6, 6.07) is 7.75. The number of carbonyl (C=O) groups excluding carboxylic acids is 1. The molecule has 3 atom stereocenters. The molecule has 1 unspecified atom stereocenters. The SMILES string of the molecule is Cl.N[C@@H]1CCC[C@H]1CC(=O)NCC1COc2ccccc2O1. The largest absolute Gasteiger partial charge is 0.486 e. The van der Waals surface area contributed by atoms with Gasteiger partial charge in [0.2, 0.25) is 5.91 Å².